The van der Waals surface area contributed by atoms with E-state index in [0.717, 1.165) is 22.8 Å². The average Bonchev–Trinajstić information content (AvgIpc) is 3.41. The Morgan fingerprint density at radius 3 is 2.48 bits per heavy atom. The number of carboxylic acid groups (broad SMARTS) is 1. The van der Waals surface area contributed by atoms with Crippen molar-refractivity contribution in [3.8, 4) is 17.1 Å². The monoisotopic (exact) mass is 417 g/mol. The molecule has 2 aromatic carbocycles. The van der Waals surface area contributed by atoms with E-state index in [1.807, 2.05) is 30.5 Å². The topological polar surface area (TPSA) is 112 Å². The number of aromatic carboxylic acids is 1. The maximum atomic E-state index is 12.8. The molecule has 0 aliphatic heterocycles. The molecule has 4 aromatic rings. The zero-order valence-corrected chi connectivity index (χ0v) is 16.9. The van der Waals surface area contributed by atoms with Crippen molar-refractivity contribution in [3.05, 3.63) is 83.4 Å². The second kappa shape index (κ2) is 8.23. The van der Waals surface area contributed by atoms with Gasteiger partial charge in [0.2, 0.25) is 5.78 Å². The first kappa shape index (κ1) is 20.0. The van der Waals surface area contributed by atoms with Gasteiger partial charge >= 0.3 is 5.97 Å². The molecule has 0 spiro atoms. The number of nitrogens with zero attached hydrogens (tertiary/aromatic N) is 5. The summed E-state index contributed by atoms with van der Waals surface area (Å²) in [7, 11) is 0. The number of aromatic nitrogens is 5. The van der Waals surface area contributed by atoms with Crippen LogP contribution in [0.1, 0.15) is 32.1 Å². The molecule has 0 radical (unpaired) electrons. The van der Waals surface area contributed by atoms with Crippen LogP contribution in [0.2, 0.25) is 0 Å². The van der Waals surface area contributed by atoms with E-state index in [-0.39, 0.29) is 18.0 Å². The van der Waals surface area contributed by atoms with Crippen LogP contribution in [0.15, 0.2) is 60.9 Å². The predicted octanol–water partition coefficient (Wildman–Crippen LogP) is 3.03. The van der Waals surface area contributed by atoms with Gasteiger partial charge in [0.15, 0.2) is 6.61 Å². The fraction of sp³-hybridized carbons (Fsp3) is 0.136. The molecule has 0 unspecified atom stereocenters. The van der Waals surface area contributed by atoms with Crippen LogP contribution in [0.3, 0.4) is 0 Å². The fourth-order valence-corrected chi connectivity index (χ4v) is 3.42. The lowest BCUT2D eigenvalue weighted by Gasteiger charge is -2.11. The van der Waals surface area contributed by atoms with E-state index in [9.17, 15) is 9.59 Å². The van der Waals surface area contributed by atoms with Crippen LogP contribution in [0.5, 0.6) is 5.75 Å². The van der Waals surface area contributed by atoms with E-state index < -0.39 is 5.97 Å². The Balaban J connectivity index is 1.51. The molecule has 1 N–H and O–H groups in total. The maximum absolute atomic E-state index is 12.8. The normalized spacial score (nSPS) is 10.8. The highest BCUT2D eigenvalue weighted by Gasteiger charge is 2.17. The van der Waals surface area contributed by atoms with Crippen LogP contribution in [0.25, 0.3) is 11.4 Å². The first-order chi connectivity index (χ1) is 14.9. The molecule has 0 saturated carbocycles. The zero-order chi connectivity index (χ0) is 22.0. The van der Waals surface area contributed by atoms with Gasteiger partial charge in [-0.3, -0.25) is 4.79 Å². The highest BCUT2D eigenvalue weighted by atomic mass is 16.5. The number of hydrogen-bond donors (Lipinski definition) is 1. The van der Waals surface area contributed by atoms with Gasteiger partial charge in [-0.1, -0.05) is 6.07 Å². The van der Waals surface area contributed by atoms with Gasteiger partial charge in [0.25, 0.3) is 0 Å². The largest absolute Gasteiger partial charge is 0.485 e. The van der Waals surface area contributed by atoms with Crippen molar-refractivity contribution in [3.63, 3.8) is 0 Å². The highest BCUT2D eigenvalue weighted by molar-refractivity contribution is 5.98. The number of carbonyl (C=O) groups is 2. The second-order valence-corrected chi connectivity index (χ2v) is 6.94. The number of rotatable bonds is 7. The Morgan fingerprint density at radius 2 is 1.81 bits per heavy atom. The number of tetrazole rings is 1. The van der Waals surface area contributed by atoms with E-state index in [1.54, 1.807) is 42.5 Å². The molecule has 156 valence electrons. The molecule has 4 rings (SSSR count). The van der Waals surface area contributed by atoms with Crippen molar-refractivity contribution >= 4 is 11.8 Å². The molecule has 2 aromatic heterocycles. The number of carboxylic acids is 1. The van der Waals surface area contributed by atoms with E-state index in [1.165, 1.54) is 11.0 Å². The molecule has 2 heterocycles. The number of ether oxygens (including phenoxy) is 1. The van der Waals surface area contributed by atoms with Gasteiger partial charge in [-0.05, 0) is 66.7 Å². The minimum absolute atomic E-state index is 0.124. The van der Waals surface area contributed by atoms with Gasteiger partial charge in [0, 0.05) is 28.7 Å². The Hall–Kier alpha value is -4.27. The van der Waals surface area contributed by atoms with Crippen LogP contribution in [-0.2, 0) is 0 Å². The minimum atomic E-state index is -0.982. The third kappa shape index (κ3) is 4.06. The van der Waals surface area contributed by atoms with Crippen LogP contribution < -0.4 is 4.74 Å². The third-order valence-corrected chi connectivity index (χ3v) is 4.91. The summed E-state index contributed by atoms with van der Waals surface area (Å²) in [5.74, 6) is -0.613. The lowest BCUT2D eigenvalue weighted by Crippen LogP contribution is -2.13. The fourth-order valence-electron chi connectivity index (χ4n) is 3.42. The number of benzene rings is 2. The molecule has 0 bridgehead atoms. The Kier molecular flexibility index (Phi) is 5.31. The average molecular weight is 417 g/mol. The van der Waals surface area contributed by atoms with Crippen molar-refractivity contribution in [2.24, 2.45) is 0 Å². The number of aryl methyl sites for hydroxylation is 1. The van der Waals surface area contributed by atoms with Crippen LogP contribution >= 0.6 is 0 Å². The number of ketones is 1. The van der Waals surface area contributed by atoms with Gasteiger partial charge in [-0.15, -0.1) is 5.10 Å². The molecule has 0 saturated heterocycles. The summed E-state index contributed by atoms with van der Waals surface area (Å²) in [5.41, 5.74) is 3.89. The molecule has 0 atom stereocenters. The van der Waals surface area contributed by atoms with E-state index in [0.29, 0.717) is 11.3 Å². The second-order valence-electron chi connectivity index (χ2n) is 6.94. The summed E-state index contributed by atoms with van der Waals surface area (Å²) in [6.07, 6.45) is 1.47. The van der Waals surface area contributed by atoms with Crippen LogP contribution in [0, 0.1) is 13.8 Å². The summed E-state index contributed by atoms with van der Waals surface area (Å²) < 4.78 is 9.12. The standard InChI is InChI=1S/C22H19N5O4/c1-14-10-20(15(2)27(14)17-8-6-16(7-9-17)22(29)30)21(28)12-31-19-5-3-4-18(11-19)26-13-23-24-25-26/h3-11,13H,12H2,1-2H3,(H,29,30). The van der Waals surface area contributed by atoms with Crippen molar-refractivity contribution < 1.29 is 19.4 Å². The van der Waals surface area contributed by atoms with E-state index in [2.05, 4.69) is 15.5 Å². The summed E-state index contributed by atoms with van der Waals surface area (Å²) in [5, 5.41) is 20.1. The number of hydrogen-bond acceptors (Lipinski definition) is 6. The van der Waals surface area contributed by atoms with Crippen molar-refractivity contribution in [1.29, 1.82) is 0 Å². The Morgan fingerprint density at radius 1 is 1.03 bits per heavy atom. The molecule has 9 nitrogen and oxygen atoms in total. The van der Waals surface area contributed by atoms with Crippen LogP contribution in [0.4, 0.5) is 0 Å². The summed E-state index contributed by atoms with van der Waals surface area (Å²) in [6.45, 7) is 3.62. The SMILES string of the molecule is Cc1cc(C(=O)COc2cccc(-n3cnnn3)c2)c(C)n1-c1ccc(C(=O)O)cc1. The quantitative estimate of drug-likeness (QED) is 0.460. The van der Waals surface area contributed by atoms with Crippen molar-refractivity contribution in [2.45, 2.75) is 13.8 Å². The Labute approximate surface area is 177 Å². The first-order valence-corrected chi connectivity index (χ1v) is 9.46. The third-order valence-electron chi connectivity index (χ3n) is 4.91. The van der Waals surface area contributed by atoms with E-state index >= 15 is 0 Å². The smallest absolute Gasteiger partial charge is 0.335 e. The van der Waals surface area contributed by atoms with E-state index in [4.69, 9.17) is 9.84 Å². The maximum Gasteiger partial charge on any atom is 0.335 e. The zero-order valence-electron chi connectivity index (χ0n) is 16.9. The first-order valence-electron chi connectivity index (χ1n) is 9.46. The van der Waals surface area contributed by atoms with Crippen LogP contribution in [-0.4, -0.2) is 48.2 Å². The molecular weight excluding hydrogens is 398 g/mol. The van der Waals surface area contributed by atoms with Gasteiger partial charge < -0.3 is 14.4 Å². The van der Waals surface area contributed by atoms with Gasteiger partial charge in [-0.25, -0.2) is 9.48 Å². The van der Waals surface area contributed by atoms with Crippen molar-refractivity contribution in [1.82, 2.24) is 24.8 Å². The molecule has 0 aliphatic rings. The van der Waals surface area contributed by atoms with Gasteiger partial charge in [0.1, 0.15) is 12.1 Å². The van der Waals surface area contributed by atoms with Crippen molar-refractivity contribution in [2.75, 3.05) is 6.61 Å². The Bertz CT molecular complexity index is 1240. The molecule has 31 heavy (non-hydrogen) atoms. The molecular formula is C22H19N5O4. The molecule has 0 amide bonds. The lowest BCUT2D eigenvalue weighted by molar-refractivity contribution is 0.0696. The van der Waals surface area contributed by atoms with Gasteiger partial charge in [0.05, 0.1) is 11.3 Å². The minimum Gasteiger partial charge on any atom is -0.485 e. The van der Waals surface area contributed by atoms with Gasteiger partial charge in [-0.2, -0.15) is 0 Å². The summed E-state index contributed by atoms with van der Waals surface area (Å²) in [4.78, 5) is 23.9. The number of carbonyl (C=O) groups excluding carboxylic acids is 1. The molecule has 0 aliphatic carbocycles. The highest BCUT2D eigenvalue weighted by Crippen LogP contribution is 2.22. The molecule has 0 fully saturated rings. The molecule has 9 heteroatoms. The number of Topliss-reactive ketones (excluding diaryl/α,β-unsaturated/α-hetero) is 1. The predicted molar refractivity (Wildman–Crippen MR) is 111 cm³/mol. The summed E-state index contributed by atoms with van der Waals surface area (Å²) >= 11 is 0. The lowest BCUT2D eigenvalue weighted by atomic mass is 10.1. The summed E-state index contributed by atoms with van der Waals surface area (Å²) in [6, 6.07) is 15.5.